The summed E-state index contributed by atoms with van der Waals surface area (Å²) in [4.78, 5) is 14.9. The molecule has 0 aromatic heterocycles. The number of nitrogens with zero attached hydrogens (tertiary/aromatic N) is 1. The van der Waals surface area contributed by atoms with Crippen LogP contribution in [0.25, 0.3) is 0 Å². The van der Waals surface area contributed by atoms with Crippen molar-refractivity contribution >= 4 is 30.7 Å². The average molecular weight is 404 g/mol. The highest BCUT2D eigenvalue weighted by molar-refractivity contribution is 5.85. The maximum absolute atomic E-state index is 12.4. The second kappa shape index (κ2) is 11.1. The number of likely N-dealkylation sites (tertiary alicyclic amines) is 1. The summed E-state index contributed by atoms with van der Waals surface area (Å²) in [6.07, 6.45) is 3.18. The molecular weight excluding hydrogens is 373 g/mol. The van der Waals surface area contributed by atoms with Crippen molar-refractivity contribution in [3.8, 4) is 0 Å². The van der Waals surface area contributed by atoms with Crippen molar-refractivity contribution in [1.29, 1.82) is 0 Å². The van der Waals surface area contributed by atoms with Crippen LogP contribution in [0.4, 0.5) is 0 Å². The first kappa shape index (κ1) is 23.2. The van der Waals surface area contributed by atoms with Crippen molar-refractivity contribution in [3.63, 3.8) is 0 Å². The van der Waals surface area contributed by atoms with Crippen LogP contribution in [0.2, 0.25) is 0 Å². The molecule has 2 unspecified atom stereocenters. The number of ether oxygens (including phenoxy) is 1. The smallest absolute Gasteiger partial charge is 0.241 e. The summed E-state index contributed by atoms with van der Waals surface area (Å²) < 4.78 is 5.45. The average Bonchev–Trinajstić information content (AvgIpc) is 3.09. The van der Waals surface area contributed by atoms with Crippen molar-refractivity contribution in [1.82, 2.24) is 10.2 Å². The molecule has 2 fully saturated rings. The van der Waals surface area contributed by atoms with Crippen molar-refractivity contribution in [2.24, 2.45) is 11.7 Å². The maximum Gasteiger partial charge on any atom is 0.241 e. The fourth-order valence-electron chi connectivity index (χ4n) is 3.57. The van der Waals surface area contributed by atoms with Gasteiger partial charge in [-0.15, -0.1) is 24.8 Å². The van der Waals surface area contributed by atoms with Gasteiger partial charge in [-0.2, -0.15) is 0 Å². The highest BCUT2D eigenvalue weighted by atomic mass is 35.5. The van der Waals surface area contributed by atoms with Crippen LogP contribution in [-0.2, 0) is 9.53 Å². The third-order valence-corrected chi connectivity index (χ3v) is 5.19. The number of rotatable bonds is 5. The Morgan fingerprint density at radius 1 is 1.23 bits per heavy atom. The monoisotopic (exact) mass is 403 g/mol. The number of carbonyl (C=O) groups excluding carboxylic acids is 1. The molecule has 5 nitrogen and oxygen atoms in total. The lowest BCUT2D eigenvalue weighted by Gasteiger charge is -2.34. The van der Waals surface area contributed by atoms with E-state index in [0.717, 1.165) is 51.3 Å². The SMILES string of the molecule is Cc1ccc(C(N)C(=O)NC2CCN(CC3CCOC3)CC2)cc1.Cl.Cl. The Hall–Kier alpha value is -0.850. The summed E-state index contributed by atoms with van der Waals surface area (Å²) in [6, 6.07) is 7.52. The van der Waals surface area contributed by atoms with Gasteiger partial charge in [0.1, 0.15) is 6.04 Å². The standard InChI is InChI=1S/C19H29N3O2.2ClH/c1-14-2-4-16(5-3-14)18(20)19(23)21-17-6-9-22(10-7-17)12-15-8-11-24-13-15;;/h2-5,15,17-18H,6-13,20H2,1H3,(H,21,23);2*1H. The van der Waals surface area contributed by atoms with Crippen LogP contribution >= 0.6 is 24.8 Å². The molecule has 3 rings (SSSR count). The molecule has 2 heterocycles. The van der Waals surface area contributed by atoms with Crippen LogP contribution in [-0.4, -0.2) is 49.7 Å². The van der Waals surface area contributed by atoms with Crippen LogP contribution in [0.15, 0.2) is 24.3 Å². The number of aryl methyl sites for hydroxylation is 1. The number of piperidine rings is 1. The highest BCUT2D eigenvalue weighted by Gasteiger charge is 2.26. The molecule has 2 saturated heterocycles. The maximum atomic E-state index is 12.4. The molecule has 1 aromatic rings. The van der Waals surface area contributed by atoms with Crippen LogP contribution < -0.4 is 11.1 Å². The Bertz CT molecular complexity index is 542. The number of hydrogen-bond acceptors (Lipinski definition) is 4. The Balaban J connectivity index is 0.00000169. The van der Waals surface area contributed by atoms with Crippen LogP contribution in [0.5, 0.6) is 0 Å². The number of nitrogens with one attached hydrogen (secondary N) is 1. The molecule has 0 radical (unpaired) electrons. The second-order valence-corrected chi connectivity index (χ2v) is 7.20. The minimum Gasteiger partial charge on any atom is -0.381 e. The molecule has 0 saturated carbocycles. The van der Waals surface area contributed by atoms with Gasteiger partial charge in [0.15, 0.2) is 0 Å². The molecule has 1 aromatic carbocycles. The molecule has 2 aliphatic heterocycles. The van der Waals surface area contributed by atoms with Gasteiger partial charge in [-0.3, -0.25) is 4.79 Å². The lowest BCUT2D eigenvalue weighted by atomic mass is 10.0. The van der Waals surface area contributed by atoms with Crippen molar-refractivity contribution < 1.29 is 9.53 Å². The molecule has 3 N–H and O–H groups in total. The number of hydrogen-bond donors (Lipinski definition) is 2. The Labute approximate surface area is 168 Å². The summed E-state index contributed by atoms with van der Waals surface area (Å²) in [5, 5.41) is 3.13. The van der Waals surface area contributed by atoms with Gasteiger partial charge in [0, 0.05) is 32.3 Å². The number of halogens is 2. The minimum atomic E-state index is -0.584. The molecule has 2 aliphatic rings. The van der Waals surface area contributed by atoms with E-state index in [9.17, 15) is 4.79 Å². The van der Waals surface area contributed by atoms with E-state index in [2.05, 4.69) is 10.2 Å². The zero-order valence-corrected chi connectivity index (χ0v) is 17.0. The number of benzene rings is 1. The van der Waals surface area contributed by atoms with Gasteiger partial charge in [0.25, 0.3) is 0 Å². The molecule has 0 aliphatic carbocycles. The zero-order chi connectivity index (χ0) is 16.9. The van der Waals surface area contributed by atoms with Crippen molar-refractivity contribution in [3.05, 3.63) is 35.4 Å². The number of nitrogens with two attached hydrogens (primary N) is 1. The molecule has 26 heavy (non-hydrogen) atoms. The molecule has 0 spiro atoms. The fourth-order valence-corrected chi connectivity index (χ4v) is 3.57. The predicted molar refractivity (Wildman–Crippen MR) is 109 cm³/mol. The largest absolute Gasteiger partial charge is 0.381 e. The predicted octanol–water partition coefficient (Wildman–Crippen LogP) is 2.46. The Morgan fingerprint density at radius 3 is 2.46 bits per heavy atom. The molecular formula is C19H31Cl2N3O2. The van der Waals surface area contributed by atoms with E-state index in [4.69, 9.17) is 10.5 Å². The lowest BCUT2D eigenvalue weighted by molar-refractivity contribution is -0.123. The first-order valence-corrected chi connectivity index (χ1v) is 9.04. The zero-order valence-electron chi connectivity index (χ0n) is 15.4. The van der Waals surface area contributed by atoms with Crippen molar-refractivity contribution in [2.45, 2.75) is 38.3 Å². The van der Waals surface area contributed by atoms with Gasteiger partial charge in [0.05, 0.1) is 6.61 Å². The summed E-state index contributed by atoms with van der Waals surface area (Å²) in [5.41, 5.74) is 8.15. The normalized spacial score (nSPS) is 22.2. The lowest BCUT2D eigenvalue weighted by Crippen LogP contribution is -2.47. The molecule has 0 bridgehead atoms. The summed E-state index contributed by atoms with van der Waals surface area (Å²) >= 11 is 0. The third kappa shape index (κ3) is 6.39. The van der Waals surface area contributed by atoms with Crippen LogP contribution in [0, 0.1) is 12.8 Å². The van der Waals surface area contributed by atoms with Gasteiger partial charge in [-0.25, -0.2) is 0 Å². The van der Waals surface area contributed by atoms with Gasteiger partial charge in [-0.1, -0.05) is 29.8 Å². The number of amides is 1. The van der Waals surface area contributed by atoms with E-state index in [1.807, 2.05) is 31.2 Å². The summed E-state index contributed by atoms with van der Waals surface area (Å²) in [5.74, 6) is 0.618. The fraction of sp³-hybridized carbons (Fsp3) is 0.632. The van der Waals surface area contributed by atoms with E-state index >= 15 is 0 Å². The third-order valence-electron chi connectivity index (χ3n) is 5.19. The minimum absolute atomic E-state index is 0. The molecule has 1 amide bonds. The van der Waals surface area contributed by atoms with E-state index in [0.29, 0.717) is 5.92 Å². The van der Waals surface area contributed by atoms with Gasteiger partial charge in [0.2, 0.25) is 5.91 Å². The Kier molecular flexibility index (Phi) is 9.90. The molecule has 2 atom stereocenters. The van der Waals surface area contributed by atoms with E-state index in [-0.39, 0.29) is 36.8 Å². The first-order chi connectivity index (χ1) is 11.6. The van der Waals surface area contributed by atoms with E-state index in [1.54, 1.807) is 0 Å². The first-order valence-electron chi connectivity index (χ1n) is 9.04. The summed E-state index contributed by atoms with van der Waals surface area (Å²) in [6.45, 7) is 7.06. The summed E-state index contributed by atoms with van der Waals surface area (Å²) in [7, 11) is 0. The molecule has 148 valence electrons. The van der Waals surface area contributed by atoms with Crippen LogP contribution in [0.1, 0.15) is 36.4 Å². The second-order valence-electron chi connectivity index (χ2n) is 7.20. The number of carbonyl (C=O) groups is 1. The van der Waals surface area contributed by atoms with Gasteiger partial charge < -0.3 is 20.7 Å². The van der Waals surface area contributed by atoms with Gasteiger partial charge >= 0.3 is 0 Å². The van der Waals surface area contributed by atoms with E-state index in [1.165, 1.54) is 12.0 Å². The van der Waals surface area contributed by atoms with Gasteiger partial charge in [-0.05, 0) is 37.7 Å². The van der Waals surface area contributed by atoms with Crippen molar-refractivity contribution in [2.75, 3.05) is 32.8 Å². The quantitative estimate of drug-likeness (QED) is 0.791. The van der Waals surface area contributed by atoms with Crippen LogP contribution in [0.3, 0.4) is 0 Å². The van der Waals surface area contributed by atoms with E-state index < -0.39 is 6.04 Å². The molecule has 7 heteroatoms. The highest BCUT2D eigenvalue weighted by Crippen LogP contribution is 2.18. The Morgan fingerprint density at radius 2 is 1.88 bits per heavy atom. The topological polar surface area (TPSA) is 67.6 Å².